The Morgan fingerprint density at radius 1 is 1.20 bits per heavy atom. The first-order chi connectivity index (χ1) is 6.64. The van der Waals surface area contributed by atoms with Crippen molar-refractivity contribution in [2.24, 2.45) is 16.7 Å². The van der Waals surface area contributed by atoms with Crippen LogP contribution in [0.15, 0.2) is 0 Å². The summed E-state index contributed by atoms with van der Waals surface area (Å²) in [6.07, 6.45) is 1.36. The van der Waals surface area contributed by atoms with Gasteiger partial charge in [-0.3, -0.25) is 0 Å². The molecule has 1 fully saturated rings. The van der Waals surface area contributed by atoms with Gasteiger partial charge in [0.2, 0.25) is 0 Å². The molecule has 1 unspecified atom stereocenters. The Hall–Kier alpha value is -0.0400. The van der Waals surface area contributed by atoms with Gasteiger partial charge in [0.15, 0.2) is 0 Å². The van der Waals surface area contributed by atoms with Crippen molar-refractivity contribution < 1.29 is 0 Å². The summed E-state index contributed by atoms with van der Waals surface area (Å²) in [4.78, 5) is 2.63. The fourth-order valence-electron chi connectivity index (χ4n) is 3.44. The molecule has 0 aliphatic carbocycles. The zero-order chi connectivity index (χ0) is 11.9. The molecule has 90 valence electrons. The SMILES string of the molecule is CC(C)N1CCC(C(C)(C)C)C(C)(C)C1. The van der Waals surface area contributed by atoms with Crippen LogP contribution in [-0.2, 0) is 0 Å². The highest BCUT2D eigenvalue weighted by molar-refractivity contribution is 4.93. The second-order valence-corrected chi connectivity index (χ2v) is 7.26. The smallest absolute Gasteiger partial charge is 0.00388 e. The number of hydrogen-bond donors (Lipinski definition) is 0. The summed E-state index contributed by atoms with van der Waals surface area (Å²) in [5.41, 5.74) is 0.910. The van der Waals surface area contributed by atoms with E-state index in [9.17, 15) is 0 Å². The highest BCUT2D eigenvalue weighted by atomic mass is 15.2. The lowest BCUT2D eigenvalue weighted by molar-refractivity contribution is -0.0172. The van der Waals surface area contributed by atoms with Gasteiger partial charge >= 0.3 is 0 Å². The second-order valence-electron chi connectivity index (χ2n) is 7.26. The molecule has 1 rings (SSSR count). The molecule has 1 nitrogen and oxygen atoms in total. The van der Waals surface area contributed by atoms with Crippen LogP contribution in [-0.4, -0.2) is 24.0 Å². The molecule has 15 heavy (non-hydrogen) atoms. The van der Waals surface area contributed by atoms with Gasteiger partial charge in [-0.15, -0.1) is 0 Å². The minimum absolute atomic E-state index is 0.451. The van der Waals surface area contributed by atoms with E-state index >= 15 is 0 Å². The summed E-state index contributed by atoms with van der Waals surface area (Å²) in [6, 6.07) is 0.699. The molecule has 1 heteroatoms. The Balaban J connectivity index is 2.75. The molecule has 1 heterocycles. The Kier molecular flexibility index (Phi) is 3.55. The summed E-state index contributed by atoms with van der Waals surface area (Å²) in [5, 5.41) is 0. The fraction of sp³-hybridized carbons (Fsp3) is 1.00. The number of nitrogens with zero attached hydrogens (tertiary/aromatic N) is 1. The maximum atomic E-state index is 2.63. The molecule has 0 N–H and O–H groups in total. The number of likely N-dealkylation sites (tertiary alicyclic amines) is 1. The highest BCUT2D eigenvalue weighted by Crippen LogP contribution is 2.45. The molecule has 1 atom stereocenters. The van der Waals surface area contributed by atoms with E-state index < -0.39 is 0 Å². The van der Waals surface area contributed by atoms with Crippen LogP contribution in [0.3, 0.4) is 0 Å². The molecule has 0 aromatic rings. The minimum Gasteiger partial charge on any atom is -0.300 e. The van der Waals surface area contributed by atoms with Crippen molar-refractivity contribution in [1.82, 2.24) is 4.90 Å². The first kappa shape index (κ1) is 13.0. The highest BCUT2D eigenvalue weighted by Gasteiger charge is 2.42. The molecule has 0 spiro atoms. The van der Waals surface area contributed by atoms with E-state index in [0.717, 1.165) is 5.92 Å². The maximum Gasteiger partial charge on any atom is 0.00388 e. The first-order valence-corrected chi connectivity index (χ1v) is 6.38. The van der Waals surface area contributed by atoms with Crippen LogP contribution in [0, 0.1) is 16.7 Å². The normalized spacial score (nSPS) is 28.4. The average molecular weight is 211 g/mol. The van der Waals surface area contributed by atoms with Crippen LogP contribution < -0.4 is 0 Å². The lowest BCUT2D eigenvalue weighted by atomic mass is 9.62. The lowest BCUT2D eigenvalue weighted by Crippen LogP contribution is -2.51. The van der Waals surface area contributed by atoms with Gasteiger partial charge in [0, 0.05) is 12.6 Å². The largest absolute Gasteiger partial charge is 0.300 e. The number of hydrogen-bond acceptors (Lipinski definition) is 1. The fourth-order valence-corrected chi connectivity index (χ4v) is 3.44. The van der Waals surface area contributed by atoms with Crippen molar-refractivity contribution in [1.29, 1.82) is 0 Å². The molecule has 0 aromatic heterocycles. The molecule has 0 bridgehead atoms. The summed E-state index contributed by atoms with van der Waals surface area (Å²) in [7, 11) is 0. The Bertz CT molecular complexity index is 210. The molecular formula is C14H29N. The zero-order valence-electron chi connectivity index (χ0n) is 11.7. The topological polar surface area (TPSA) is 3.24 Å². The predicted octanol–water partition coefficient (Wildman–Crippen LogP) is 3.79. The number of rotatable bonds is 1. The van der Waals surface area contributed by atoms with Crippen molar-refractivity contribution in [2.45, 2.75) is 60.9 Å². The van der Waals surface area contributed by atoms with E-state index in [0.29, 0.717) is 16.9 Å². The van der Waals surface area contributed by atoms with E-state index in [1.54, 1.807) is 0 Å². The Labute approximate surface area is 96.2 Å². The Morgan fingerprint density at radius 2 is 1.73 bits per heavy atom. The van der Waals surface area contributed by atoms with E-state index in [2.05, 4.69) is 53.4 Å². The first-order valence-electron chi connectivity index (χ1n) is 6.38. The van der Waals surface area contributed by atoms with E-state index in [-0.39, 0.29) is 0 Å². The van der Waals surface area contributed by atoms with Crippen molar-refractivity contribution in [3.63, 3.8) is 0 Å². The molecule has 1 aliphatic heterocycles. The van der Waals surface area contributed by atoms with Crippen molar-refractivity contribution >= 4 is 0 Å². The zero-order valence-corrected chi connectivity index (χ0v) is 11.7. The van der Waals surface area contributed by atoms with Crippen LogP contribution in [0.4, 0.5) is 0 Å². The molecule has 0 radical (unpaired) electrons. The van der Waals surface area contributed by atoms with Gasteiger partial charge in [0.05, 0.1) is 0 Å². The van der Waals surface area contributed by atoms with E-state index in [1.165, 1.54) is 19.5 Å². The minimum atomic E-state index is 0.451. The van der Waals surface area contributed by atoms with Crippen LogP contribution in [0.5, 0.6) is 0 Å². The molecule has 0 aromatic carbocycles. The van der Waals surface area contributed by atoms with E-state index in [1.807, 2.05) is 0 Å². The third kappa shape index (κ3) is 2.96. The molecule has 1 saturated heterocycles. The Morgan fingerprint density at radius 3 is 2.07 bits per heavy atom. The van der Waals surface area contributed by atoms with E-state index in [4.69, 9.17) is 0 Å². The molecule has 0 amide bonds. The third-order valence-electron chi connectivity index (χ3n) is 4.03. The summed E-state index contributed by atoms with van der Waals surface area (Å²) >= 11 is 0. The van der Waals surface area contributed by atoms with Gasteiger partial charge < -0.3 is 4.90 Å². The quantitative estimate of drug-likeness (QED) is 0.638. The van der Waals surface area contributed by atoms with Crippen molar-refractivity contribution in [3.05, 3.63) is 0 Å². The van der Waals surface area contributed by atoms with Gasteiger partial charge in [0.25, 0.3) is 0 Å². The molecule has 1 aliphatic rings. The van der Waals surface area contributed by atoms with Gasteiger partial charge in [-0.05, 0) is 43.6 Å². The molecular weight excluding hydrogens is 182 g/mol. The maximum absolute atomic E-state index is 2.63. The third-order valence-corrected chi connectivity index (χ3v) is 4.03. The molecule has 0 saturated carbocycles. The summed E-state index contributed by atoms with van der Waals surface area (Å²) < 4.78 is 0. The predicted molar refractivity (Wildman–Crippen MR) is 68.1 cm³/mol. The van der Waals surface area contributed by atoms with Crippen LogP contribution in [0.2, 0.25) is 0 Å². The van der Waals surface area contributed by atoms with Crippen molar-refractivity contribution in [2.75, 3.05) is 13.1 Å². The van der Waals surface area contributed by atoms with Crippen LogP contribution >= 0.6 is 0 Å². The van der Waals surface area contributed by atoms with Crippen LogP contribution in [0.25, 0.3) is 0 Å². The summed E-state index contributed by atoms with van der Waals surface area (Å²) in [5.74, 6) is 0.847. The van der Waals surface area contributed by atoms with Gasteiger partial charge in [-0.2, -0.15) is 0 Å². The van der Waals surface area contributed by atoms with Gasteiger partial charge in [-0.25, -0.2) is 0 Å². The van der Waals surface area contributed by atoms with Gasteiger partial charge in [-0.1, -0.05) is 34.6 Å². The lowest BCUT2D eigenvalue weighted by Gasteiger charge is -2.51. The van der Waals surface area contributed by atoms with Crippen LogP contribution in [0.1, 0.15) is 54.9 Å². The second kappa shape index (κ2) is 4.08. The summed E-state index contributed by atoms with van der Waals surface area (Å²) in [6.45, 7) is 19.2. The standard InChI is InChI=1S/C14H29N/c1-11(2)15-9-8-12(13(3,4)5)14(6,7)10-15/h11-12H,8-10H2,1-7H3. The monoisotopic (exact) mass is 211 g/mol. The van der Waals surface area contributed by atoms with Crippen molar-refractivity contribution in [3.8, 4) is 0 Å². The van der Waals surface area contributed by atoms with Gasteiger partial charge in [0.1, 0.15) is 0 Å². The number of piperidine rings is 1. The average Bonchev–Trinajstić information content (AvgIpc) is 1.99.